The molecule has 0 aliphatic carbocycles. The smallest absolute Gasteiger partial charge is 0.197 e. The van der Waals surface area contributed by atoms with E-state index in [-0.39, 0.29) is 0 Å². The highest BCUT2D eigenvalue weighted by atomic mass is 19.1. The Kier molecular flexibility index (Phi) is 7.26. The van der Waals surface area contributed by atoms with Crippen LogP contribution in [0.2, 0.25) is 0 Å². The Labute approximate surface area is 147 Å². The van der Waals surface area contributed by atoms with E-state index in [1.807, 2.05) is 0 Å². The second-order valence-corrected chi connectivity index (χ2v) is 6.36. The molecule has 2 rings (SSSR count). The number of ether oxygens (including phenoxy) is 3. The van der Waals surface area contributed by atoms with Crippen molar-refractivity contribution in [1.82, 2.24) is 0 Å². The summed E-state index contributed by atoms with van der Waals surface area (Å²) in [4.78, 5) is 0. The molecule has 0 aromatic heterocycles. The van der Waals surface area contributed by atoms with Gasteiger partial charge in [-0.3, -0.25) is 4.39 Å². The summed E-state index contributed by atoms with van der Waals surface area (Å²) in [5, 5.41) is 78.4. The van der Waals surface area contributed by atoms with Crippen molar-refractivity contribution >= 4 is 0 Å². The van der Waals surface area contributed by atoms with Gasteiger partial charge in [0.2, 0.25) is 0 Å². The van der Waals surface area contributed by atoms with Crippen molar-refractivity contribution in [3.63, 3.8) is 0 Å². The molecular weight excluding hydrogens is 363 g/mol. The van der Waals surface area contributed by atoms with E-state index >= 15 is 0 Å². The predicted octanol–water partition coefficient (Wildman–Crippen LogP) is -4.67. The predicted molar refractivity (Wildman–Crippen MR) is 78.2 cm³/mol. The molecule has 2 heterocycles. The number of rotatable bonds is 6. The summed E-state index contributed by atoms with van der Waals surface area (Å²) in [7, 11) is 0. The normalized spacial score (nSPS) is 50.0. The van der Waals surface area contributed by atoms with Gasteiger partial charge in [0.15, 0.2) is 12.1 Å². The van der Waals surface area contributed by atoms with E-state index in [2.05, 4.69) is 0 Å². The number of halogens is 1. The highest BCUT2D eigenvalue weighted by molar-refractivity contribution is 4.98. The van der Waals surface area contributed by atoms with Gasteiger partial charge >= 0.3 is 0 Å². The third-order valence-electron chi connectivity index (χ3n) is 4.62. The summed E-state index contributed by atoms with van der Waals surface area (Å²) < 4.78 is 28.1. The summed E-state index contributed by atoms with van der Waals surface area (Å²) in [6.45, 7) is -2.59. The number of hydrogen-bond acceptors (Lipinski definition) is 11. The van der Waals surface area contributed by atoms with E-state index < -0.39 is 87.2 Å². The fourth-order valence-electron chi connectivity index (χ4n) is 3.05. The van der Waals surface area contributed by atoms with E-state index in [0.717, 1.165) is 0 Å². The quantitative estimate of drug-likeness (QED) is 0.218. The van der Waals surface area contributed by atoms with Crippen LogP contribution in [0.25, 0.3) is 0 Å². The number of aliphatic hydroxyl groups is 8. The summed E-state index contributed by atoms with van der Waals surface area (Å²) >= 11 is 0. The van der Waals surface area contributed by atoms with Gasteiger partial charge in [0.05, 0.1) is 19.9 Å². The van der Waals surface area contributed by atoms with Gasteiger partial charge in [-0.25, -0.2) is 0 Å². The summed E-state index contributed by atoms with van der Waals surface area (Å²) in [6.07, 6.45) is -15.6. The van der Waals surface area contributed by atoms with Gasteiger partial charge in [-0.1, -0.05) is 0 Å². The fraction of sp³-hybridized carbons (Fsp3) is 1.00. The molecule has 12 heteroatoms. The Morgan fingerprint density at radius 1 is 0.885 bits per heavy atom. The van der Waals surface area contributed by atoms with Gasteiger partial charge in [0.1, 0.15) is 48.8 Å². The lowest BCUT2D eigenvalue weighted by Gasteiger charge is -2.48. The standard InChI is InChI=1S/C14H25FO11/c15-2-1-14(23)12(22)10(21)11(6(4-17)26-14)25-13-9(20)8(19)7(18)5(3-16)24-13/h5-13,16-23H,1-4H2/t5-,6-,7+,8+,9-,10+,11-,12-,13+,14?/m1/s1. The van der Waals surface area contributed by atoms with Gasteiger partial charge in [-0.05, 0) is 0 Å². The zero-order valence-electron chi connectivity index (χ0n) is 13.7. The van der Waals surface area contributed by atoms with Crippen LogP contribution >= 0.6 is 0 Å². The van der Waals surface area contributed by atoms with Crippen LogP contribution in [0.3, 0.4) is 0 Å². The topological polar surface area (TPSA) is 190 Å². The molecule has 0 aromatic rings. The highest BCUT2D eigenvalue weighted by Gasteiger charge is 2.55. The molecule has 26 heavy (non-hydrogen) atoms. The lowest BCUT2D eigenvalue weighted by molar-refractivity contribution is -0.384. The van der Waals surface area contributed by atoms with Crippen LogP contribution in [0, 0.1) is 0 Å². The van der Waals surface area contributed by atoms with Crippen molar-refractivity contribution in [2.45, 2.75) is 67.3 Å². The van der Waals surface area contributed by atoms with Crippen molar-refractivity contribution in [2.24, 2.45) is 0 Å². The van der Waals surface area contributed by atoms with Crippen LogP contribution in [0.15, 0.2) is 0 Å². The molecule has 0 spiro atoms. The third-order valence-corrected chi connectivity index (χ3v) is 4.62. The fourth-order valence-corrected chi connectivity index (χ4v) is 3.05. The van der Waals surface area contributed by atoms with Crippen molar-refractivity contribution in [1.29, 1.82) is 0 Å². The van der Waals surface area contributed by atoms with E-state index in [4.69, 9.17) is 19.3 Å². The minimum atomic E-state index is -2.46. The third kappa shape index (κ3) is 4.00. The Bertz CT molecular complexity index is 453. The zero-order chi connectivity index (χ0) is 19.6. The molecule has 2 aliphatic heterocycles. The van der Waals surface area contributed by atoms with Crippen LogP contribution in [0.4, 0.5) is 4.39 Å². The Balaban J connectivity index is 2.16. The van der Waals surface area contributed by atoms with Crippen LogP contribution in [0.5, 0.6) is 0 Å². The maximum atomic E-state index is 12.6. The maximum Gasteiger partial charge on any atom is 0.197 e. The van der Waals surface area contributed by atoms with Crippen molar-refractivity contribution < 1.29 is 59.5 Å². The van der Waals surface area contributed by atoms with Crippen molar-refractivity contribution in [3.8, 4) is 0 Å². The SMILES string of the molecule is OC[C@H]1O[C@@H](O[C@H]2[C@H](O)[C@@H](O)C(O)(CCF)O[C@@H]2CO)[C@H](O)[C@@H](O)[C@H]1O. The second kappa shape index (κ2) is 8.67. The van der Waals surface area contributed by atoms with Gasteiger partial charge in [0, 0.05) is 6.42 Å². The molecule has 10 atom stereocenters. The molecular formula is C14H25FO11. The maximum absolute atomic E-state index is 12.6. The van der Waals surface area contributed by atoms with E-state index in [9.17, 15) is 40.1 Å². The van der Waals surface area contributed by atoms with E-state index in [1.54, 1.807) is 0 Å². The lowest BCUT2D eigenvalue weighted by Crippen LogP contribution is -2.68. The van der Waals surface area contributed by atoms with Crippen molar-refractivity contribution in [3.05, 3.63) is 0 Å². The average molecular weight is 388 g/mol. The Hall–Kier alpha value is -0.510. The summed E-state index contributed by atoms with van der Waals surface area (Å²) in [6, 6.07) is 0. The lowest BCUT2D eigenvalue weighted by atomic mass is 9.90. The zero-order valence-corrected chi connectivity index (χ0v) is 13.7. The number of aliphatic hydroxyl groups excluding tert-OH is 7. The minimum absolute atomic E-state index is 0.672. The molecule has 0 amide bonds. The molecule has 0 radical (unpaired) electrons. The van der Waals surface area contributed by atoms with E-state index in [0.29, 0.717) is 0 Å². The molecule has 2 aliphatic rings. The Morgan fingerprint density at radius 3 is 2.04 bits per heavy atom. The molecule has 0 aromatic carbocycles. The van der Waals surface area contributed by atoms with Gasteiger partial charge in [-0.15, -0.1) is 0 Å². The largest absolute Gasteiger partial charge is 0.394 e. The van der Waals surface area contributed by atoms with E-state index in [1.165, 1.54) is 0 Å². The first-order chi connectivity index (χ1) is 12.2. The first-order valence-electron chi connectivity index (χ1n) is 8.09. The van der Waals surface area contributed by atoms with Crippen LogP contribution in [-0.2, 0) is 14.2 Å². The molecule has 8 N–H and O–H groups in total. The molecule has 154 valence electrons. The van der Waals surface area contributed by atoms with Gasteiger partial charge in [-0.2, -0.15) is 0 Å². The summed E-state index contributed by atoms with van der Waals surface area (Å²) in [5.74, 6) is -2.46. The number of hydrogen-bond donors (Lipinski definition) is 8. The van der Waals surface area contributed by atoms with Crippen molar-refractivity contribution in [2.75, 3.05) is 19.9 Å². The average Bonchev–Trinajstić information content (AvgIpc) is 2.62. The first-order valence-corrected chi connectivity index (χ1v) is 8.09. The first kappa shape index (κ1) is 21.8. The molecule has 11 nitrogen and oxygen atoms in total. The van der Waals surface area contributed by atoms with Crippen LogP contribution < -0.4 is 0 Å². The molecule has 0 bridgehead atoms. The van der Waals surface area contributed by atoms with Gasteiger partial charge < -0.3 is 55.1 Å². The second-order valence-electron chi connectivity index (χ2n) is 6.36. The monoisotopic (exact) mass is 388 g/mol. The molecule has 0 saturated carbocycles. The summed E-state index contributed by atoms with van der Waals surface area (Å²) in [5.41, 5.74) is 0. The van der Waals surface area contributed by atoms with Crippen LogP contribution in [-0.4, -0.2) is 122 Å². The molecule has 1 unspecified atom stereocenters. The van der Waals surface area contributed by atoms with Crippen LogP contribution in [0.1, 0.15) is 6.42 Å². The molecule has 2 saturated heterocycles. The Morgan fingerprint density at radius 2 is 1.50 bits per heavy atom. The minimum Gasteiger partial charge on any atom is -0.394 e. The number of alkyl halides is 1. The highest BCUT2D eigenvalue weighted by Crippen LogP contribution is 2.34. The van der Waals surface area contributed by atoms with Gasteiger partial charge in [0.25, 0.3) is 0 Å². The molecule has 2 fully saturated rings.